The van der Waals surface area contributed by atoms with Crippen LogP contribution in [0.1, 0.15) is 72.3 Å². The van der Waals surface area contributed by atoms with Crippen molar-refractivity contribution in [2.45, 2.75) is 78.9 Å². The number of amides is 1. The van der Waals surface area contributed by atoms with E-state index >= 15 is 0 Å². The highest BCUT2D eigenvalue weighted by Gasteiger charge is 2.44. The number of methoxy groups -OCH3 is 1. The first-order valence-electron chi connectivity index (χ1n) is 10.8. The molecule has 28 heavy (non-hydrogen) atoms. The first kappa shape index (κ1) is 22.7. The fourth-order valence-corrected chi connectivity index (χ4v) is 4.43. The third-order valence-electron chi connectivity index (χ3n) is 6.82. The Morgan fingerprint density at radius 3 is 2.46 bits per heavy atom. The van der Waals surface area contributed by atoms with Crippen molar-refractivity contribution in [3.05, 3.63) is 29.8 Å². The molecule has 1 aliphatic heterocycles. The lowest BCUT2D eigenvalue weighted by molar-refractivity contribution is -0.140. The van der Waals surface area contributed by atoms with E-state index in [4.69, 9.17) is 9.47 Å². The molecule has 4 nitrogen and oxygen atoms in total. The summed E-state index contributed by atoms with van der Waals surface area (Å²) in [6.07, 6.45) is 4.76. The van der Waals surface area contributed by atoms with Crippen LogP contribution in [0, 0.1) is 11.3 Å². The third kappa shape index (κ3) is 5.50. The first-order chi connectivity index (χ1) is 13.3. The molecule has 2 rings (SSSR count). The van der Waals surface area contributed by atoms with Crippen molar-refractivity contribution >= 4 is 5.91 Å². The van der Waals surface area contributed by atoms with Crippen LogP contribution in [0.4, 0.5) is 0 Å². The van der Waals surface area contributed by atoms with Gasteiger partial charge in [0.1, 0.15) is 5.75 Å². The molecule has 0 radical (unpaired) electrons. The summed E-state index contributed by atoms with van der Waals surface area (Å²) in [5, 5.41) is 0. The number of hydrogen-bond donors (Lipinski definition) is 0. The number of carbonyl (C=O) groups is 1. The molecule has 0 spiro atoms. The Balaban J connectivity index is 2.12. The van der Waals surface area contributed by atoms with Crippen LogP contribution in [-0.4, -0.2) is 36.7 Å². The third-order valence-corrected chi connectivity index (χ3v) is 6.82. The minimum absolute atomic E-state index is 0.0436. The fraction of sp³-hybridized carbons (Fsp3) is 0.708. The van der Waals surface area contributed by atoms with Crippen LogP contribution in [-0.2, 0) is 16.1 Å². The average molecular weight is 390 g/mol. The number of carbonyl (C=O) groups excluding carboxylic acids is 1. The molecule has 0 N–H and O–H groups in total. The second kappa shape index (κ2) is 9.78. The zero-order valence-corrected chi connectivity index (χ0v) is 18.7. The second-order valence-corrected chi connectivity index (χ2v) is 8.86. The molecule has 2 atom stereocenters. The molecule has 0 bridgehead atoms. The van der Waals surface area contributed by atoms with Gasteiger partial charge in [-0.15, -0.1) is 0 Å². The van der Waals surface area contributed by atoms with E-state index in [1.165, 1.54) is 0 Å². The van der Waals surface area contributed by atoms with Gasteiger partial charge in [0.2, 0.25) is 5.91 Å². The standard InChI is InChI=1S/C24H39NO3/c1-7-22(26)25(17-20-9-11-21(27-6)12-10-20)15-13-24(19(3)4)14-16-28-23(5,8-2)18-24/h9-12,19H,7-8,13-18H2,1-6H3/t23-,24+/m1/s1. The van der Waals surface area contributed by atoms with E-state index < -0.39 is 0 Å². The van der Waals surface area contributed by atoms with Crippen molar-refractivity contribution in [1.29, 1.82) is 0 Å². The van der Waals surface area contributed by atoms with Gasteiger partial charge in [-0.05, 0) is 61.6 Å². The Kier molecular flexibility index (Phi) is 7.94. The maximum absolute atomic E-state index is 12.6. The van der Waals surface area contributed by atoms with Crippen LogP contribution in [0.5, 0.6) is 5.75 Å². The van der Waals surface area contributed by atoms with E-state index in [0.717, 1.165) is 50.1 Å². The number of ether oxygens (including phenoxy) is 2. The second-order valence-electron chi connectivity index (χ2n) is 8.86. The van der Waals surface area contributed by atoms with Crippen molar-refractivity contribution in [3.63, 3.8) is 0 Å². The maximum atomic E-state index is 12.6. The number of nitrogens with zero attached hydrogens (tertiary/aromatic N) is 1. The summed E-state index contributed by atoms with van der Waals surface area (Å²) >= 11 is 0. The van der Waals surface area contributed by atoms with Gasteiger partial charge in [-0.25, -0.2) is 0 Å². The fourth-order valence-electron chi connectivity index (χ4n) is 4.43. The Hall–Kier alpha value is -1.55. The molecular weight excluding hydrogens is 350 g/mol. The zero-order chi connectivity index (χ0) is 20.8. The van der Waals surface area contributed by atoms with Crippen molar-refractivity contribution in [2.24, 2.45) is 11.3 Å². The van der Waals surface area contributed by atoms with Gasteiger partial charge in [0.05, 0.1) is 12.7 Å². The maximum Gasteiger partial charge on any atom is 0.222 e. The van der Waals surface area contributed by atoms with Crippen LogP contribution in [0.15, 0.2) is 24.3 Å². The lowest BCUT2D eigenvalue weighted by atomic mass is 9.64. The summed E-state index contributed by atoms with van der Waals surface area (Å²) in [6.45, 7) is 13.4. The summed E-state index contributed by atoms with van der Waals surface area (Å²) < 4.78 is 11.4. The topological polar surface area (TPSA) is 38.8 Å². The SMILES string of the molecule is CCC(=O)N(CC[C@]1(C(C)C)CCO[C@](C)(CC)C1)Cc1ccc(OC)cc1. The molecular formula is C24H39NO3. The highest BCUT2D eigenvalue weighted by molar-refractivity contribution is 5.75. The van der Waals surface area contributed by atoms with Crippen molar-refractivity contribution in [1.82, 2.24) is 4.90 Å². The van der Waals surface area contributed by atoms with Gasteiger partial charge in [-0.3, -0.25) is 4.79 Å². The Morgan fingerprint density at radius 1 is 1.25 bits per heavy atom. The monoisotopic (exact) mass is 389 g/mol. The highest BCUT2D eigenvalue weighted by atomic mass is 16.5. The molecule has 1 amide bonds. The average Bonchev–Trinajstić information content (AvgIpc) is 2.71. The number of benzene rings is 1. The minimum Gasteiger partial charge on any atom is -0.497 e. The van der Waals surface area contributed by atoms with Gasteiger partial charge in [0.25, 0.3) is 0 Å². The van der Waals surface area contributed by atoms with Crippen LogP contribution in [0.25, 0.3) is 0 Å². The predicted octanol–water partition coefficient (Wildman–Crippen LogP) is 5.45. The van der Waals surface area contributed by atoms with E-state index in [1.807, 2.05) is 24.0 Å². The van der Waals surface area contributed by atoms with Crippen LogP contribution in [0.3, 0.4) is 0 Å². The van der Waals surface area contributed by atoms with E-state index in [-0.39, 0.29) is 16.9 Å². The molecule has 1 aliphatic rings. The van der Waals surface area contributed by atoms with Crippen LogP contribution in [0.2, 0.25) is 0 Å². The molecule has 0 saturated carbocycles. The summed E-state index contributed by atoms with van der Waals surface area (Å²) in [7, 11) is 1.67. The minimum atomic E-state index is -0.0436. The molecule has 4 heteroatoms. The van der Waals surface area contributed by atoms with E-state index in [0.29, 0.717) is 18.9 Å². The summed E-state index contributed by atoms with van der Waals surface area (Å²) in [4.78, 5) is 14.7. The molecule has 1 fully saturated rings. The lowest BCUT2D eigenvalue weighted by Crippen LogP contribution is -2.47. The van der Waals surface area contributed by atoms with Gasteiger partial charge < -0.3 is 14.4 Å². The largest absolute Gasteiger partial charge is 0.497 e. The van der Waals surface area contributed by atoms with E-state index in [2.05, 4.69) is 39.8 Å². The molecule has 0 unspecified atom stereocenters. The van der Waals surface area contributed by atoms with Crippen molar-refractivity contribution in [3.8, 4) is 5.75 Å². The Labute approximate surface area is 171 Å². The van der Waals surface area contributed by atoms with Gasteiger partial charge in [-0.1, -0.05) is 39.8 Å². The van der Waals surface area contributed by atoms with Gasteiger partial charge in [0.15, 0.2) is 0 Å². The summed E-state index contributed by atoms with van der Waals surface area (Å²) in [5.41, 5.74) is 1.33. The van der Waals surface area contributed by atoms with Gasteiger partial charge in [-0.2, -0.15) is 0 Å². The lowest BCUT2D eigenvalue weighted by Gasteiger charge is -2.49. The van der Waals surface area contributed by atoms with Crippen molar-refractivity contribution in [2.75, 3.05) is 20.3 Å². The molecule has 1 aromatic carbocycles. The first-order valence-corrected chi connectivity index (χ1v) is 10.8. The molecule has 1 saturated heterocycles. The molecule has 0 aliphatic carbocycles. The number of rotatable bonds is 9. The summed E-state index contributed by atoms with van der Waals surface area (Å²) in [5.74, 6) is 1.64. The van der Waals surface area contributed by atoms with Gasteiger partial charge >= 0.3 is 0 Å². The molecule has 1 heterocycles. The highest BCUT2D eigenvalue weighted by Crippen LogP contribution is 2.48. The van der Waals surface area contributed by atoms with Crippen LogP contribution >= 0.6 is 0 Å². The van der Waals surface area contributed by atoms with Crippen LogP contribution < -0.4 is 4.74 Å². The smallest absolute Gasteiger partial charge is 0.222 e. The predicted molar refractivity (Wildman–Crippen MR) is 114 cm³/mol. The normalized spacial score (nSPS) is 25.0. The Bertz CT molecular complexity index is 627. The molecule has 1 aromatic rings. The van der Waals surface area contributed by atoms with E-state index in [1.54, 1.807) is 7.11 Å². The molecule has 158 valence electrons. The zero-order valence-electron chi connectivity index (χ0n) is 18.7. The van der Waals surface area contributed by atoms with Gasteiger partial charge in [0, 0.05) is 26.1 Å². The molecule has 0 aromatic heterocycles. The quantitative estimate of drug-likeness (QED) is 0.564. The number of hydrogen-bond acceptors (Lipinski definition) is 3. The van der Waals surface area contributed by atoms with Crippen molar-refractivity contribution < 1.29 is 14.3 Å². The summed E-state index contributed by atoms with van der Waals surface area (Å²) in [6, 6.07) is 8.03. The Morgan fingerprint density at radius 2 is 1.93 bits per heavy atom. The van der Waals surface area contributed by atoms with E-state index in [9.17, 15) is 4.79 Å².